The molecule has 1 fully saturated rings. The molecule has 1 aliphatic heterocycles. The summed E-state index contributed by atoms with van der Waals surface area (Å²) in [7, 11) is 1.37. The number of aromatic nitrogens is 2. The summed E-state index contributed by atoms with van der Waals surface area (Å²) in [5.41, 5.74) is -0.951. The Hall–Kier alpha value is -3.66. The maximum Gasteiger partial charge on any atom is 0.434 e. The average Bonchev–Trinajstić information content (AvgIpc) is 3.00. The van der Waals surface area contributed by atoms with Gasteiger partial charge in [-0.15, -0.1) is 4.99 Å². The fourth-order valence-electron chi connectivity index (χ4n) is 3.70. The molecule has 2 amide bonds. The molecule has 3 aromatic rings. The van der Waals surface area contributed by atoms with Crippen molar-refractivity contribution in [1.82, 2.24) is 19.8 Å². The van der Waals surface area contributed by atoms with Crippen LogP contribution in [-0.2, 0) is 10.3 Å². The van der Waals surface area contributed by atoms with E-state index in [1.54, 1.807) is 25.1 Å². The molecule has 1 aliphatic rings. The lowest BCUT2D eigenvalue weighted by Crippen LogP contribution is -2.59. The van der Waals surface area contributed by atoms with Gasteiger partial charge < -0.3 is 15.4 Å². The number of rotatable bonds is 2. The van der Waals surface area contributed by atoms with Crippen LogP contribution in [0.25, 0.3) is 16.7 Å². The molecule has 1 saturated heterocycles. The average molecular weight is 446 g/mol. The lowest BCUT2D eigenvalue weighted by Gasteiger charge is -2.40. The first-order valence-corrected chi connectivity index (χ1v) is 9.54. The van der Waals surface area contributed by atoms with Crippen molar-refractivity contribution in [3.05, 3.63) is 63.3 Å². The highest BCUT2D eigenvalue weighted by molar-refractivity contribution is 6.31. The van der Waals surface area contributed by atoms with E-state index < -0.39 is 29.0 Å². The first-order valence-electron chi connectivity index (χ1n) is 9.17. The van der Waals surface area contributed by atoms with Gasteiger partial charge in [-0.1, -0.05) is 23.7 Å². The quantitative estimate of drug-likeness (QED) is 0.560. The number of aliphatic imine (C=N–C) groups is 1. The number of aromatic amines is 1. The van der Waals surface area contributed by atoms with Gasteiger partial charge in [0.1, 0.15) is 0 Å². The van der Waals surface area contributed by atoms with Crippen molar-refractivity contribution >= 4 is 40.6 Å². The zero-order valence-electron chi connectivity index (χ0n) is 16.4. The number of benzene rings is 2. The largest absolute Gasteiger partial charge is 0.463 e. The molecule has 3 N–H and O–H groups in total. The molecular weight excluding hydrogens is 429 g/mol. The van der Waals surface area contributed by atoms with Crippen LogP contribution < -0.4 is 11.0 Å². The second kappa shape index (κ2) is 7.24. The van der Waals surface area contributed by atoms with Gasteiger partial charge in [-0.3, -0.25) is 14.3 Å². The highest BCUT2D eigenvalue weighted by Gasteiger charge is 2.41. The van der Waals surface area contributed by atoms with E-state index in [0.29, 0.717) is 16.1 Å². The van der Waals surface area contributed by atoms with E-state index in [1.165, 1.54) is 25.2 Å². The van der Waals surface area contributed by atoms with Crippen molar-refractivity contribution in [2.24, 2.45) is 4.99 Å². The summed E-state index contributed by atoms with van der Waals surface area (Å²) in [4.78, 5) is 43.2. The predicted molar refractivity (Wildman–Crippen MR) is 112 cm³/mol. The number of H-pyrrole nitrogens is 1. The number of nitrogens with zero attached hydrogens (tertiary/aromatic N) is 3. The summed E-state index contributed by atoms with van der Waals surface area (Å²) in [6, 6.07) is 9.21. The highest BCUT2D eigenvalue weighted by atomic mass is 35.5. The molecule has 11 heteroatoms. The minimum absolute atomic E-state index is 0.0397. The van der Waals surface area contributed by atoms with Crippen LogP contribution in [-0.4, -0.2) is 44.6 Å². The lowest BCUT2D eigenvalue weighted by atomic mass is 9.86. The number of guanidine groups is 1. The Kier molecular flexibility index (Phi) is 4.81. The number of halogens is 2. The molecule has 4 rings (SSSR count). The molecule has 1 atom stereocenters. The maximum atomic E-state index is 15.8. The van der Waals surface area contributed by atoms with Gasteiger partial charge in [0.25, 0.3) is 0 Å². The van der Waals surface area contributed by atoms with Gasteiger partial charge in [0.2, 0.25) is 11.9 Å². The third-order valence-corrected chi connectivity index (χ3v) is 5.48. The number of carbonyl (C=O) groups is 2. The molecule has 1 aromatic heterocycles. The van der Waals surface area contributed by atoms with Gasteiger partial charge in [0.15, 0.2) is 5.82 Å². The van der Waals surface area contributed by atoms with Crippen LogP contribution in [0.15, 0.2) is 46.2 Å². The SMILES string of the molecule is CN1C(=O)C[C@@](C)(c2cccc(-n3c(=O)[nH]c4ccc(Cl)cc43)c2F)N/C1=N\C(=O)O. The van der Waals surface area contributed by atoms with Crippen LogP contribution in [0.2, 0.25) is 5.02 Å². The summed E-state index contributed by atoms with van der Waals surface area (Å²) >= 11 is 6.05. The Morgan fingerprint density at radius 1 is 1.29 bits per heavy atom. The minimum Gasteiger partial charge on any atom is -0.463 e. The first-order chi connectivity index (χ1) is 14.6. The van der Waals surface area contributed by atoms with Crippen molar-refractivity contribution in [2.75, 3.05) is 7.05 Å². The predicted octanol–water partition coefficient (Wildman–Crippen LogP) is 2.81. The summed E-state index contributed by atoms with van der Waals surface area (Å²) in [6.45, 7) is 1.56. The van der Waals surface area contributed by atoms with Gasteiger partial charge in [-0.05, 0) is 31.2 Å². The van der Waals surface area contributed by atoms with Crippen LogP contribution in [0.4, 0.5) is 9.18 Å². The second-order valence-electron chi connectivity index (χ2n) is 7.37. The summed E-state index contributed by atoms with van der Waals surface area (Å²) in [5.74, 6) is -1.40. The van der Waals surface area contributed by atoms with Crippen molar-refractivity contribution in [3.63, 3.8) is 0 Å². The Labute approximate surface area is 179 Å². The molecule has 0 spiro atoms. The molecule has 31 heavy (non-hydrogen) atoms. The Bertz CT molecular complexity index is 1330. The van der Waals surface area contributed by atoms with E-state index in [0.717, 1.165) is 9.47 Å². The highest BCUT2D eigenvalue weighted by Crippen LogP contribution is 2.33. The monoisotopic (exact) mass is 445 g/mol. The molecule has 2 heterocycles. The van der Waals surface area contributed by atoms with Crippen LogP contribution >= 0.6 is 11.6 Å². The normalized spacial score (nSPS) is 20.3. The Morgan fingerprint density at radius 3 is 2.74 bits per heavy atom. The number of carbonyl (C=O) groups excluding carboxylic acids is 1. The molecule has 160 valence electrons. The van der Waals surface area contributed by atoms with Crippen LogP contribution in [0.3, 0.4) is 0 Å². The molecule has 2 aromatic carbocycles. The smallest absolute Gasteiger partial charge is 0.434 e. The van der Waals surface area contributed by atoms with Gasteiger partial charge in [0.05, 0.1) is 28.7 Å². The molecule has 9 nitrogen and oxygen atoms in total. The number of carboxylic acid groups (broad SMARTS) is 1. The molecular formula is C20H17ClFN5O4. The van der Waals surface area contributed by atoms with Crippen molar-refractivity contribution < 1.29 is 19.1 Å². The number of fused-ring (bicyclic) bond motifs is 1. The zero-order valence-corrected chi connectivity index (χ0v) is 17.2. The van der Waals surface area contributed by atoms with E-state index >= 15 is 4.39 Å². The van der Waals surface area contributed by atoms with Crippen molar-refractivity contribution in [2.45, 2.75) is 18.9 Å². The van der Waals surface area contributed by atoms with Gasteiger partial charge in [-0.2, -0.15) is 0 Å². The topological polar surface area (TPSA) is 120 Å². The molecule has 0 unspecified atom stereocenters. The van der Waals surface area contributed by atoms with E-state index in [1.807, 2.05) is 0 Å². The molecule has 0 bridgehead atoms. The van der Waals surface area contributed by atoms with E-state index in [9.17, 15) is 14.4 Å². The third-order valence-electron chi connectivity index (χ3n) is 5.24. The number of nitrogens with one attached hydrogen (secondary N) is 2. The minimum atomic E-state index is -1.50. The van der Waals surface area contributed by atoms with Crippen LogP contribution in [0, 0.1) is 5.82 Å². The van der Waals surface area contributed by atoms with Crippen molar-refractivity contribution in [1.29, 1.82) is 0 Å². The van der Waals surface area contributed by atoms with Crippen LogP contribution in [0.5, 0.6) is 0 Å². The lowest BCUT2D eigenvalue weighted by molar-refractivity contribution is -0.129. The fourth-order valence-corrected chi connectivity index (χ4v) is 3.87. The number of imidazole rings is 1. The van der Waals surface area contributed by atoms with Gasteiger partial charge >= 0.3 is 11.8 Å². The van der Waals surface area contributed by atoms with E-state index in [-0.39, 0.29) is 23.6 Å². The Morgan fingerprint density at radius 2 is 2.03 bits per heavy atom. The molecule has 0 saturated carbocycles. The number of hydrogen-bond acceptors (Lipinski definition) is 3. The van der Waals surface area contributed by atoms with E-state index in [4.69, 9.17) is 16.7 Å². The number of hydrogen-bond donors (Lipinski definition) is 3. The molecule has 0 aliphatic carbocycles. The second-order valence-corrected chi connectivity index (χ2v) is 7.81. The summed E-state index contributed by atoms with van der Waals surface area (Å²) in [5, 5.41) is 12.2. The summed E-state index contributed by atoms with van der Waals surface area (Å²) in [6.07, 6.45) is -1.65. The van der Waals surface area contributed by atoms with Crippen molar-refractivity contribution in [3.8, 4) is 5.69 Å². The maximum absolute atomic E-state index is 15.8. The third kappa shape index (κ3) is 3.44. The standard InChI is InChI=1S/C20H17ClFN5O4/c1-20(9-15(28)26(2)17(25-20)24-19(30)31)11-4-3-5-13(16(11)22)27-14-8-10(21)6-7-12(14)23-18(27)29/h3-8H,9H2,1-2H3,(H,23,29)(H,24,25)(H,30,31)/t20-/m0/s1. The summed E-state index contributed by atoms with van der Waals surface area (Å²) < 4.78 is 16.9. The van der Waals surface area contributed by atoms with E-state index in [2.05, 4.69) is 15.3 Å². The van der Waals surface area contributed by atoms with Gasteiger partial charge in [-0.25, -0.2) is 14.0 Å². The van der Waals surface area contributed by atoms with Crippen LogP contribution in [0.1, 0.15) is 18.9 Å². The van der Waals surface area contributed by atoms with Gasteiger partial charge in [0, 0.05) is 17.6 Å². The fraction of sp³-hybridized carbons (Fsp3) is 0.200. The number of amides is 2. The zero-order chi connectivity index (χ0) is 22.5. The first kappa shape index (κ1) is 20.6. The Balaban J connectivity index is 1.88. The molecule has 0 radical (unpaired) electrons.